The lowest BCUT2D eigenvalue weighted by Crippen LogP contribution is -2.54. The summed E-state index contributed by atoms with van der Waals surface area (Å²) in [6.07, 6.45) is 0. The van der Waals surface area contributed by atoms with Crippen LogP contribution in [0.2, 0.25) is 0 Å². The van der Waals surface area contributed by atoms with E-state index in [1.54, 1.807) is 4.90 Å². The van der Waals surface area contributed by atoms with E-state index < -0.39 is 0 Å². The van der Waals surface area contributed by atoms with Gasteiger partial charge in [0.1, 0.15) is 0 Å². The molecular weight excluding hydrogens is 154 g/mol. The Morgan fingerprint density at radius 1 is 1.58 bits per heavy atom. The van der Waals surface area contributed by atoms with Crippen molar-refractivity contribution in [2.45, 2.75) is 19.9 Å². The summed E-state index contributed by atoms with van der Waals surface area (Å²) in [5, 5.41) is 0. The molecule has 0 aromatic heterocycles. The molecule has 4 nitrogen and oxygen atoms in total. The smallest absolute Gasteiger partial charge is 0.314 e. The number of primary amides is 1. The summed E-state index contributed by atoms with van der Waals surface area (Å²) in [7, 11) is 0. The Morgan fingerprint density at radius 3 is 2.67 bits per heavy atom. The largest absolute Gasteiger partial charge is 0.351 e. The molecule has 70 valence electrons. The molecule has 1 rings (SSSR count). The SMILES string of the molecule is CCN1CCN(C(N)=O)CC1C. The van der Waals surface area contributed by atoms with Gasteiger partial charge in [0.2, 0.25) is 0 Å². The molecule has 1 fully saturated rings. The fourth-order valence-corrected chi connectivity index (χ4v) is 1.67. The topological polar surface area (TPSA) is 49.6 Å². The van der Waals surface area contributed by atoms with Crippen molar-refractivity contribution >= 4 is 6.03 Å². The highest BCUT2D eigenvalue weighted by atomic mass is 16.2. The van der Waals surface area contributed by atoms with E-state index in [0.29, 0.717) is 6.04 Å². The molecule has 4 heteroatoms. The molecule has 2 amide bonds. The van der Waals surface area contributed by atoms with Crippen molar-refractivity contribution in [2.24, 2.45) is 5.73 Å². The van der Waals surface area contributed by atoms with E-state index in [-0.39, 0.29) is 6.03 Å². The van der Waals surface area contributed by atoms with Crippen LogP contribution in [0.3, 0.4) is 0 Å². The van der Waals surface area contributed by atoms with Gasteiger partial charge >= 0.3 is 6.03 Å². The number of likely N-dealkylation sites (N-methyl/N-ethyl adjacent to an activating group) is 1. The van der Waals surface area contributed by atoms with E-state index in [1.165, 1.54) is 0 Å². The van der Waals surface area contributed by atoms with Crippen LogP contribution in [-0.2, 0) is 0 Å². The Kier molecular flexibility index (Phi) is 2.92. The zero-order valence-corrected chi connectivity index (χ0v) is 7.79. The van der Waals surface area contributed by atoms with Crippen LogP contribution in [-0.4, -0.2) is 48.1 Å². The van der Waals surface area contributed by atoms with Crippen LogP contribution in [0, 0.1) is 0 Å². The number of hydrogen-bond acceptors (Lipinski definition) is 2. The van der Waals surface area contributed by atoms with E-state index in [1.807, 2.05) is 0 Å². The zero-order valence-electron chi connectivity index (χ0n) is 7.79. The van der Waals surface area contributed by atoms with Crippen molar-refractivity contribution in [2.75, 3.05) is 26.2 Å². The molecule has 0 spiro atoms. The lowest BCUT2D eigenvalue weighted by molar-refractivity contribution is 0.106. The van der Waals surface area contributed by atoms with Gasteiger partial charge in [0.15, 0.2) is 0 Å². The second-order valence-electron chi connectivity index (χ2n) is 3.26. The maximum absolute atomic E-state index is 10.8. The summed E-state index contributed by atoms with van der Waals surface area (Å²) >= 11 is 0. The van der Waals surface area contributed by atoms with Gasteiger partial charge in [-0.05, 0) is 13.5 Å². The number of urea groups is 1. The van der Waals surface area contributed by atoms with Crippen molar-refractivity contribution in [3.05, 3.63) is 0 Å². The van der Waals surface area contributed by atoms with Crippen molar-refractivity contribution < 1.29 is 4.79 Å². The molecule has 1 aliphatic rings. The van der Waals surface area contributed by atoms with E-state index in [9.17, 15) is 4.79 Å². The van der Waals surface area contributed by atoms with Crippen molar-refractivity contribution in [3.63, 3.8) is 0 Å². The van der Waals surface area contributed by atoms with Crippen LogP contribution in [0.15, 0.2) is 0 Å². The summed E-state index contributed by atoms with van der Waals surface area (Å²) in [5.41, 5.74) is 5.18. The molecular formula is C8H17N3O. The van der Waals surface area contributed by atoms with Crippen LogP contribution in [0.25, 0.3) is 0 Å². The van der Waals surface area contributed by atoms with Gasteiger partial charge in [-0.25, -0.2) is 4.79 Å². The minimum Gasteiger partial charge on any atom is -0.351 e. The predicted octanol–water partition coefficient (Wildman–Crippen LogP) is 0.0911. The molecule has 1 heterocycles. The molecule has 0 aromatic rings. The van der Waals surface area contributed by atoms with Gasteiger partial charge in [0.25, 0.3) is 0 Å². The number of piperazine rings is 1. The minimum atomic E-state index is -0.294. The van der Waals surface area contributed by atoms with E-state index in [2.05, 4.69) is 18.7 Å². The second kappa shape index (κ2) is 3.76. The predicted molar refractivity (Wildman–Crippen MR) is 47.9 cm³/mol. The Hall–Kier alpha value is -0.770. The first-order chi connectivity index (χ1) is 5.65. The molecule has 1 aliphatic heterocycles. The van der Waals surface area contributed by atoms with Gasteiger partial charge in [0.05, 0.1) is 0 Å². The van der Waals surface area contributed by atoms with Crippen LogP contribution in [0.1, 0.15) is 13.8 Å². The third-order valence-corrected chi connectivity index (χ3v) is 2.48. The van der Waals surface area contributed by atoms with Crippen molar-refractivity contribution in [1.29, 1.82) is 0 Å². The van der Waals surface area contributed by atoms with E-state index in [0.717, 1.165) is 26.2 Å². The molecule has 0 aliphatic carbocycles. The molecule has 1 saturated heterocycles. The van der Waals surface area contributed by atoms with Crippen LogP contribution < -0.4 is 5.73 Å². The minimum absolute atomic E-state index is 0.294. The molecule has 1 unspecified atom stereocenters. The Balaban J connectivity index is 2.46. The number of amides is 2. The molecule has 0 aromatic carbocycles. The number of rotatable bonds is 1. The first-order valence-corrected chi connectivity index (χ1v) is 4.43. The van der Waals surface area contributed by atoms with Crippen LogP contribution in [0.4, 0.5) is 4.79 Å². The van der Waals surface area contributed by atoms with Gasteiger partial charge in [0, 0.05) is 25.7 Å². The maximum Gasteiger partial charge on any atom is 0.314 e. The zero-order chi connectivity index (χ0) is 9.14. The number of hydrogen-bond donors (Lipinski definition) is 1. The highest BCUT2D eigenvalue weighted by Gasteiger charge is 2.23. The Morgan fingerprint density at radius 2 is 2.25 bits per heavy atom. The van der Waals surface area contributed by atoms with E-state index in [4.69, 9.17) is 5.73 Å². The van der Waals surface area contributed by atoms with Crippen molar-refractivity contribution in [3.8, 4) is 0 Å². The van der Waals surface area contributed by atoms with Crippen LogP contribution in [0.5, 0.6) is 0 Å². The normalized spacial score (nSPS) is 25.8. The van der Waals surface area contributed by atoms with Gasteiger partial charge in [-0.1, -0.05) is 6.92 Å². The average molecular weight is 171 g/mol. The summed E-state index contributed by atoms with van der Waals surface area (Å²) < 4.78 is 0. The first-order valence-electron chi connectivity index (χ1n) is 4.43. The Bertz CT molecular complexity index is 172. The fraction of sp³-hybridized carbons (Fsp3) is 0.875. The number of nitrogens with zero attached hydrogens (tertiary/aromatic N) is 2. The van der Waals surface area contributed by atoms with Gasteiger partial charge in [-0.15, -0.1) is 0 Å². The number of carbonyl (C=O) groups is 1. The molecule has 1 atom stereocenters. The third-order valence-electron chi connectivity index (χ3n) is 2.48. The van der Waals surface area contributed by atoms with E-state index >= 15 is 0 Å². The number of carbonyl (C=O) groups excluding carboxylic acids is 1. The summed E-state index contributed by atoms with van der Waals surface area (Å²) in [6, 6.07) is 0.147. The lowest BCUT2D eigenvalue weighted by atomic mass is 10.2. The highest BCUT2D eigenvalue weighted by Crippen LogP contribution is 2.07. The number of nitrogens with two attached hydrogens (primary N) is 1. The molecule has 0 saturated carbocycles. The second-order valence-corrected chi connectivity index (χ2v) is 3.26. The first kappa shape index (κ1) is 9.32. The summed E-state index contributed by atoms with van der Waals surface area (Å²) in [6.45, 7) is 7.79. The molecule has 0 radical (unpaired) electrons. The van der Waals surface area contributed by atoms with Gasteiger partial charge < -0.3 is 10.6 Å². The fourth-order valence-electron chi connectivity index (χ4n) is 1.67. The van der Waals surface area contributed by atoms with Crippen LogP contribution >= 0.6 is 0 Å². The quantitative estimate of drug-likeness (QED) is 0.608. The standard InChI is InChI=1S/C8H17N3O/c1-3-10-4-5-11(8(9)12)6-7(10)2/h7H,3-6H2,1-2H3,(H2,9,12). The highest BCUT2D eigenvalue weighted by molar-refractivity contribution is 5.72. The Labute approximate surface area is 73.3 Å². The maximum atomic E-state index is 10.8. The summed E-state index contributed by atoms with van der Waals surface area (Å²) in [5.74, 6) is 0. The summed E-state index contributed by atoms with van der Waals surface area (Å²) in [4.78, 5) is 14.9. The molecule has 12 heavy (non-hydrogen) atoms. The molecule has 2 N–H and O–H groups in total. The van der Waals surface area contributed by atoms with Gasteiger partial charge in [-0.3, -0.25) is 4.90 Å². The average Bonchev–Trinajstić information content (AvgIpc) is 2.04. The third kappa shape index (κ3) is 1.88. The van der Waals surface area contributed by atoms with Crippen molar-refractivity contribution in [1.82, 2.24) is 9.80 Å². The monoisotopic (exact) mass is 171 g/mol. The van der Waals surface area contributed by atoms with Gasteiger partial charge in [-0.2, -0.15) is 0 Å². The molecule has 0 bridgehead atoms. The lowest BCUT2D eigenvalue weighted by Gasteiger charge is -2.38.